The average molecular weight is 241 g/mol. The highest BCUT2D eigenvalue weighted by Gasteiger charge is 2.33. The van der Waals surface area contributed by atoms with E-state index in [4.69, 9.17) is 5.26 Å². The Morgan fingerprint density at radius 3 is 2.19 bits per heavy atom. The molecule has 0 aliphatic rings. The number of benzene rings is 1. The minimum Gasteiger partial charge on any atom is -0.376 e. The van der Waals surface area contributed by atoms with Crippen molar-refractivity contribution in [1.29, 1.82) is 5.26 Å². The van der Waals surface area contributed by atoms with Gasteiger partial charge in [-0.2, -0.15) is 5.26 Å². The fourth-order valence-electron chi connectivity index (χ4n) is 1.19. The van der Waals surface area contributed by atoms with Crippen LogP contribution in [-0.4, -0.2) is 19.3 Å². The van der Waals surface area contributed by atoms with E-state index in [1.807, 2.05) is 6.07 Å². The fourth-order valence-corrected chi connectivity index (χ4v) is 2.27. The zero-order chi connectivity index (χ0) is 12.2. The molecule has 1 aromatic rings. The molecule has 0 aromatic heterocycles. The largest absolute Gasteiger partial charge is 0.376 e. The first kappa shape index (κ1) is 12.9. The van der Waals surface area contributed by atoms with E-state index in [9.17, 15) is 9.67 Å². The second kappa shape index (κ2) is 5.24. The Morgan fingerprint density at radius 2 is 1.81 bits per heavy atom. The summed E-state index contributed by atoms with van der Waals surface area (Å²) in [5, 5.41) is 18.4. The molecule has 1 aromatic carbocycles. The normalized spacial score (nSPS) is 13.1. The second-order valence-electron chi connectivity index (χ2n) is 3.01. The minimum atomic E-state index is -3.55. The van der Waals surface area contributed by atoms with Crippen LogP contribution >= 0.6 is 7.60 Å². The number of aliphatic hydroxyl groups excluding tert-OH is 1. The van der Waals surface area contributed by atoms with Gasteiger partial charge in [0.05, 0.1) is 11.6 Å². The van der Waals surface area contributed by atoms with E-state index in [2.05, 4.69) is 9.05 Å². The standard InChI is InChI=1S/C10H12NO4P/c1-14-16(13,15-2)10(12)9-5-3-8(7-11)4-6-9/h3-6,10,12H,1-2H3/t10-/m0/s1. The molecule has 5 nitrogen and oxygen atoms in total. The van der Waals surface area contributed by atoms with Crippen LogP contribution < -0.4 is 0 Å². The van der Waals surface area contributed by atoms with E-state index in [1.54, 1.807) is 0 Å². The summed E-state index contributed by atoms with van der Waals surface area (Å²) >= 11 is 0. The van der Waals surface area contributed by atoms with Crippen molar-refractivity contribution in [2.24, 2.45) is 0 Å². The molecule has 0 radical (unpaired) electrons. The predicted octanol–water partition coefficient (Wildman–Crippen LogP) is 2.04. The van der Waals surface area contributed by atoms with Gasteiger partial charge in [0, 0.05) is 14.2 Å². The van der Waals surface area contributed by atoms with Crippen molar-refractivity contribution < 1.29 is 18.7 Å². The number of hydrogen-bond acceptors (Lipinski definition) is 5. The summed E-state index contributed by atoms with van der Waals surface area (Å²) in [6.45, 7) is 0. The molecule has 0 fully saturated rings. The van der Waals surface area contributed by atoms with Crippen LogP contribution in [0.25, 0.3) is 0 Å². The summed E-state index contributed by atoms with van der Waals surface area (Å²) in [6, 6.07) is 8.01. The molecule has 0 aliphatic heterocycles. The van der Waals surface area contributed by atoms with Gasteiger partial charge in [0.15, 0.2) is 5.85 Å². The Hall–Kier alpha value is -1.18. The van der Waals surface area contributed by atoms with Crippen molar-refractivity contribution in [1.82, 2.24) is 0 Å². The molecular formula is C10H12NO4P. The summed E-state index contributed by atoms with van der Waals surface area (Å²) in [6.07, 6.45) is 0. The summed E-state index contributed by atoms with van der Waals surface area (Å²) in [5.41, 5.74) is 0.839. The van der Waals surface area contributed by atoms with Crippen LogP contribution in [0.15, 0.2) is 24.3 Å². The van der Waals surface area contributed by atoms with E-state index in [0.29, 0.717) is 11.1 Å². The van der Waals surface area contributed by atoms with Crippen LogP contribution in [0, 0.1) is 11.3 Å². The van der Waals surface area contributed by atoms with Gasteiger partial charge < -0.3 is 14.2 Å². The third kappa shape index (κ3) is 2.49. The highest BCUT2D eigenvalue weighted by Crippen LogP contribution is 2.58. The van der Waals surface area contributed by atoms with Crippen molar-refractivity contribution in [3.63, 3.8) is 0 Å². The predicted molar refractivity (Wildman–Crippen MR) is 57.7 cm³/mol. The molecular weight excluding hydrogens is 229 g/mol. The molecule has 0 bridgehead atoms. The second-order valence-corrected chi connectivity index (χ2v) is 5.31. The van der Waals surface area contributed by atoms with Gasteiger partial charge in [0.25, 0.3) is 0 Å². The molecule has 0 saturated heterocycles. The van der Waals surface area contributed by atoms with E-state index in [0.717, 1.165) is 0 Å². The first-order valence-corrected chi connectivity index (χ1v) is 6.08. The lowest BCUT2D eigenvalue weighted by Crippen LogP contribution is -2.02. The van der Waals surface area contributed by atoms with Gasteiger partial charge in [-0.1, -0.05) is 12.1 Å². The van der Waals surface area contributed by atoms with Crippen molar-refractivity contribution in [2.45, 2.75) is 5.85 Å². The van der Waals surface area contributed by atoms with Gasteiger partial charge in [-0.15, -0.1) is 0 Å². The molecule has 16 heavy (non-hydrogen) atoms. The summed E-state index contributed by atoms with van der Waals surface area (Å²) < 4.78 is 21.2. The lowest BCUT2D eigenvalue weighted by molar-refractivity contribution is 0.176. The molecule has 6 heteroatoms. The van der Waals surface area contributed by atoms with Crippen LogP contribution in [-0.2, 0) is 13.6 Å². The van der Waals surface area contributed by atoms with Gasteiger partial charge in [0.2, 0.25) is 0 Å². The zero-order valence-corrected chi connectivity index (χ0v) is 9.85. The Morgan fingerprint density at radius 1 is 1.31 bits per heavy atom. The average Bonchev–Trinajstić information content (AvgIpc) is 2.37. The zero-order valence-electron chi connectivity index (χ0n) is 8.95. The summed E-state index contributed by atoms with van der Waals surface area (Å²) in [5.74, 6) is -1.35. The molecule has 0 saturated carbocycles. The lowest BCUT2D eigenvalue weighted by Gasteiger charge is -2.19. The lowest BCUT2D eigenvalue weighted by atomic mass is 10.2. The maximum atomic E-state index is 11.8. The summed E-state index contributed by atoms with van der Waals surface area (Å²) in [4.78, 5) is 0. The van der Waals surface area contributed by atoms with Crippen LogP contribution in [0.5, 0.6) is 0 Å². The minimum absolute atomic E-state index is 0.381. The number of nitrogens with zero attached hydrogens (tertiary/aromatic N) is 1. The third-order valence-electron chi connectivity index (χ3n) is 2.15. The van der Waals surface area contributed by atoms with Crippen LogP contribution in [0.4, 0.5) is 0 Å². The Balaban J connectivity index is 3.01. The molecule has 0 aliphatic carbocycles. The molecule has 0 spiro atoms. The summed E-state index contributed by atoms with van der Waals surface area (Å²) in [7, 11) is -1.13. The van der Waals surface area contributed by atoms with Gasteiger partial charge >= 0.3 is 7.60 Å². The first-order chi connectivity index (χ1) is 7.57. The van der Waals surface area contributed by atoms with Crippen molar-refractivity contribution in [3.05, 3.63) is 35.4 Å². The molecule has 1 atom stereocenters. The van der Waals surface area contributed by atoms with Crippen molar-refractivity contribution >= 4 is 7.60 Å². The maximum Gasteiger partial charge on any atom is 0.362 e. The number of nitriles is 1. The number of rotatable bonds is 4. The molecule has 1 N–H and O–H groups in total. The Bertz CT molecular complexity index is 429. The van der Waals surface area contributed by atoms with Crippen LogP contribution in [0.1, 0.15) is 17.0 Å². The highest BCUT2D eigenvalue weighted by atomic mass is 31.2. The van der Waals surface area contributed by atoms with E-state index in [-0.39, 0.29) is 0 Å². The fraction of sp³-hybridized carbons (Fsp3) is 0.300. The van der Waals surface area contributed by atoms with Gasteiger partial charge in [-0.3, -0.25) is 4.57 Å². The molecule has 0 amide bonds. The first-order valence-electron chi connectivity index (χ1n) is 4.46. The Labute approximate surface area is 93.8 Å². The molecule has 0 heterocycles. The van der Waals surface area contributed by atoms with Crippen LogP contribution in [0.2, 0.25) is 0 Å². The topological polar surface area (TPSA) is 79.6 Å². The SMILES string of the molecule is COP(=O)(OC)[C@H](O)c1ccc(C#N)cc1. The van der Waals surface area contributed by atoms with Gasteiger partial charge in [-0.05, 0) is 17.7 Å². The highest BCUT2D eigenvalue weighted by molar-refractivity contribution is 7.53. The van der Waals surface area contributed by atoms with Crippen LogP contribution in [0.3, 0.4) is 0 Å². The van der Waals surface area contributed by atoms with E-state index >= 15 is 0 Å². The smallest absolute Gasteiger partial charge is 0.362 e. The molecule has 1 rings (SSSR count). The van der Waals surface area contributed by atoms with Crippen molar-refractivity contribution in [2.75, 3.05) is 14.2 Å². The number of aliphatic hydroxyl groups is 1. The van der Waals surface area contributed by atoms with Gasteiger partial charge in [-0.25, -0.2) is 0 Å². The van der Waals surface area contributed by atoms with Crippen molar-refractivity contribution in [3.8, 4) is 6.07 Å². The third-order valence-corrected chi connectivity index (χ3v) is 4.06. The quantitative estimate of drug-likeness (QED) is 0.816. The monoisotopic (exact) mass is 241 g/mol. The maximum absolute atomic E-state index is 11.8. The Kier molecular flexibility index (Phi) is 4.22. The molecule has 86 valence electrons. The number of hydrogen-bond donors (Lipinski definition) is 1. The van der Waals surface area contributed by atoms with E-state index in [1.165, 1.54) is 38.5 Å². The van der Waals surface area contributed by atoms with Gasteiger partial charge in [0.1, 0.15) is 0 Å². The molecule has 0 unspecified atom stereocenters. The van der Waals surface area contributed by atoms with E-state index < -0.39 is 13.4 Å².